The molecule has 0 aliphatic heterocycles. The van der Waals surface area contributed by atoms with Crippen LogP contribution in [-0.4, -0.2) is 17.7 Å². The number of rotatable bonds is 5. The molecule has 0 aliphatic rings. The van der Waals surface area contributed by atoms with Gasteiger partial charge in [-0.2, -0.15) is 0 Å². The monoisotopic (exact) mass is 310 g/mol. The summed E-state index contributed by atoms with van der Waals surface area (Å²) in [6.45, 7) is 7.39. The number of ketones is 1. The highest BCUT2D eigenvalue weighted by atomic mass is 16.2. The second-order valence-electron chi connectivity index (χ2n) is 5.87. The number of anilines is 2. The third kappa shape index (κ3) is 4.68. The third-order valence-corrected chi connectivity index (χ3v) is 3.56. The van der Waals surface area contributed by atoms with Crippen LogP contribution in [0.2, 0.25) is 0 Å². The van der Waals surface area contributed by atoms with Gasteiger partial charge in [0, 0.05) is 16.9 Å². The molecule has 4 nitrogen and oxygen atoms in total. The minimum absolute atomic E-state index is 0.00716. The molecule has 4 heteroatoms. The zero-order valence-corrected chi connectivity index (χ0v) is 13.9. The van der Waals surface area contributed by atoms with E-state index in [1.807, 2.05) is 32.9 Å². The summed E-state index contributed by atoms with van der Waals surface area (Å²) in [5.41, 5.74) is 4.54. The number of nitrogens with one attached hydrogen (secondary N) is 2. The highest BCUT2D eigenvalue weighted by molar-refractivity contribution is 5.97. The lowest BCUT2D eigenvalue weighted by atomic mass is 10.1. The second-order valence-corrected chi connectivity index (χ2v) is 5.87. The normalized spacial score (nSPS) is 11.7. The predicted octanol–water partition coefficient (Wildman–Crippen LogP) is 3.95. The number of hydrogen-bond acceptors (Lipinski definition) is 3. The molecule has 0 saturated heterocycles. The van der Waals surface area contributed by atoms with Gasteiger partial charge in [0.25, 0.3) is 0 Å². The Morgan fingerprint density at radius 2 is 1.48 bits per heavy atom. The highest BCUT2D eigenvalue weighted by Crippen LogP contribution is 2.16. The van der Waals surface area contributed by atoms with E-state index >= 15 is 0 Å². The van der Waals surface area contributed by atoms with Gasteiger partial charge < -0.3 is 10.6 Å². The molecule has 0 fully saturated rings. The molecule has 0 spiro atoms. The molecule has 1 atom stereocenters. The smallest absolute Gasteiger partial charge is 0.246 e. The van der Waals surface area contributed by atoms with Gasteiger partial charge >= 0.3 is 0 Å². The first-order valence-electron chi connectivity index (χ1n) is 7.62. The Kier molecular flexibility index (Phi) is 5.16. The van der Waals surface area contributed by atoms with Crippen molar-refractivity contribution in [2.24, 2.45) is 0 Å². The van der Waals surface area contributed by atoms with Crippen molar-refractivity contribution in [3.8, 4) is 0 Å². The van der Waals surface area contributed by atoms with E-state index in [2.05, 4.69) is 16.7 Å². The molecule has 0 bridgehead atoms. The summed E-state index contributed by atoms with van der Waals surface area (Å²) < 4.78 is 0. The Morgan fingerprint density at radius 1 is 0.913 bits per heavy atom. The maximum atomic E-state index is 12.3. The third-order valence-electron chi connectivity index (χ3n) is 3.56. The van der Waals surface area contributed by atoms with Gasteiger partial charge in [0.2, 0.25) is 5.91 Å². The Bertz CT molecular complexity index is 700. The van der Waals surface area contributed by atoms with Crippen LogP contribution in [0.1, 0.15) is 35.3 Å². The Morgan fingerprint density at radius 3 is 2.00 bits per heavy atom. The molecular weight excluding hydrogens is 288 g/mol. The molecule has 2 aromatic rings. The standard InChI is InChI=1S/C19H22N2O2/c1-12-9-13(2)11-18(10-12)20-14(3)19(23)21-17-7-5-16(6-8-17)15(4)22/h5-11,14,20H,1-4H3,(H,21,23)/t14-/m1/s1. The van der Waals surface area contributed by atoms with Gasteiger partial charge in [0.05, 0.1) is 0 Å². The number of benzene rings is 2. The summed E-state index contributed by atoms with van der Waals surface area (Å²) in [6, 6.07) is 12.6. The summed E-state index contributed by atoms with van der Waals surface area (Å²) in [7, 11) is 0. The van der Waals surface area contributed by atoms with Gasteiger partial charge in [-0.1, -0.05) is 6.07 Å². The van der Waals surface area contributed by atoms with Gasteiger partial charge in [0.15, 0.2) is 5.78 Å². The van der Waals surface area contributed by atoms with Crippen LogP contribution < -0.4 is 10.6 Å². The van der Waals surface area contributed by atoms with Crippen molar-refractivity contribution in [3.63, 3.8) is 0 Å². The highest BCUT2D eigenvalue weighted by Gasteiger charge is 2.13. The number of carbonyl (C=O) groups is 2. The topological polar surface area (TPSA) is 58.2 Å². The van der Waals surface area contributed by atoms with Crippen LogP contribution in [0.4, 0.5) is 11.4 Å². The summed E-state index contributed by atoms with van der Waals surface area (Å²) in [5, 5.41) is 6.05. The van der Waals surface area contributed by atoms with E-state index in [9.17, 15) is 9.59 Å². The minimum atomic E-state index is -0.372. The van der Waals surface area contributed by atoms with Crippen molar-refractivity contribution >= 4 is 23.1 Å². The number of amides is 1. The molecule has 2 N–H and O–H groups in total. The van der Waals surface area contributed by atoms with Gasteiger partial charge in [-0.15, -0.1) is 0 Å². The fourth-order valence-electron chi connectivity index (χ4n) is 2.41. The van der Waals surface area contributed by atoms with Crippen molar-refractivity contribution in [1.82, 2.24) is 0 Å². The lowest BCUT2D eigenvalue weighted by molar-refractivity contribution is -0.116. The molecule has 120 valence electrons. The first-order chi connectivity index (χ1) is 10.8. The number of aryl methyl sites for hydroxylation is 2. The van der Waals surface area contributed by atoms with E-state index in [0.717, 1.165) is 16.8 Å². The molecule has 0 radical (unpaired) electrons. The predicted molar refractivity (Wildman–Crippen MR) is 94.1 cm³/mol. The van der Waals surface area contributed by atoms with Gasteiger partial charge in [0.1, 0.15) is 6.04 Å². The molecule has 0 aliphatic carbocycles. The molecule has 0 heterocycles. The van der Waals surface area contributed by atoms with E-state index in [1.165, 1.54) is 6.92 Å². The van der Waals surface area contributed by atoms with Crippen LogP contribution in [0.25, 0.3) is 0 Å². The summed E-state index contributed by atoms with van der Waals surface area (Å²) in [4.78, 5) is 23.5. The van der Waals surface area contributed by atoms with Crippen molar-refractivity contribution in [2.45, 2.75) is 33.7 Å². The molecular formula is C19H22N2O2. The van der Waals surface area contributed by atoms with E-state index in [4.69, 9.17) is 0 Å². The second kappa shape index (κ2) is 7.09. The average molecular weight is 310 g/mol. The molecule has 23 heavy (non-hydrogen) atoms. The van der Waals surface area contributed by atoms with Crippen molar-refractivity contribution in [2.75, 3.05) is 10.6 Å². The maximum Gasteiger partial charge on any atom is 0.246 e. The summed E-state index contributed by atoms with van der Waals surface area (Å²) >= 11 is 0. The molecule has 2 aromatic carbocycles. The number of Topliss-reactive ketones (excluding diaryl/α,β-unsaturated/α-hetero) is 1. The van der Waals surface area contributed by atoms with Crippen LogP contribution >= 0.6 is 0 Å². The van der Waals surface area contributed by atoms with E-state index in [0.29, 0.717) is 11.3 Å². The molecule has 1 amide bonds. The van der Waals surface area contributed by atoms with Gasteiger partial charge in [-0.3, -0.25) is 9.59 Å². The van der Waals surface area contributed by atoms with Gasteiger partial charge in [-0.05, 0) is 75.2 Å². The quantitative estimate of drug-likeness (QED) is 0.822. The zero-order chi connectivity index (χ0) is 17.0. The molecule has 0 saturated carbocycles. The van der Waals surface area contributed by atoms with Crippen molar-refractivity contribution in [1.29, 1.82) is 0 Å². The van der Waals surface area contributed by atoms with Crippen LogP contribution in [-0.2, 0) is 4.79 Å². The van der Waals surface area contributed by atoms with Gasteiger partial charge in [-0.25, -0.2) is 0 Å². The minimum Gasteiger partial charge on any atom is -0.374 e. The van der Waals surface area contributed by atoms with Crippen LogP contribution in [0.5, 0.6) is 0 Å². The molecule has 0 aromatic heterocycles. The Labute approximate surface area is 136 Å². The Balaban J connectivity index is 2.00. The lowest BCUT2D eigenvalue weighted by Gasteiger charge is -2.16. The Hall–Kier alpha value is -2.62. The van der Waals surface area contributed by atoms with Crippen molar-refractivity contribution in [3.05, 3.63) is 59.2 Å². The summed E-state index contributed by atoms with van der Waals surface area (Å²) in [5.74, 6) is -0.118. The van der Waals surface area contributed by atoms with Crippen LogP contribution in [0.15, 0.2) is 42.5 Å². The fourth-order valence-corrected chi connectivity index (χ4v) is 2.41. The fraction of sp³-hybridized carbons (Fsp3) is 0.263. The molecule has 2 rings (SSSR count). The van der Waals surface area contributed by atoms with E-state index in [-0.39, 0.29) is 17.7 Å². The maximum absolute atomic E-state index is 12.3. The molecule has 0 unspecified atom stereocenters. The lowest BCUT2D eigenvalue weighted by Crippen LogP contribution is -2.31. The number of carbonyl (C=O) groups excluding carboxylic acids is 2. The number of hydrogen-bond donors (Lipinski definition) is 2. The first-order valence-corrected chi connectivity index (χ1v) is 7.62. The zero-order valence-electron chi connectivity index (χ0n) is 13.9. The van der Waals surface area contributed by atoms with Crippen LogP contribution in [0, 0.1) is 13.8 Å². The first kappa shape index (κ1) is 16.7. The van der Waals surface area contributed by atoms with E-state index in [1.54, 1.807) is 24.3 Å². The largest absolute Gasteiger partial charge is 0.374 e. The van der Waals surface area contributed by atoms with Crippen LogP contribution in [0.3, 0.4) is 0 Å². The summed E-state index contributed by atoms with van der Waals surface area (Å²) in [6.07, 6.45) is 0. The SMILES string of the molecule is CC(=O)c1ccc(NC(=O)[C@@H](C)Nc2cc(C)cc(C)c2)cc1. The van der Waals surface area contributed by atoms with Crippen molar-refractivity contribution < 1.29 is 9.59 Å². The average Bonchev–Trinajstić information content (AvgIpc) is 2.46. The van der Waals surface area contributed by atoms with E-state index < -0.39 is 0 Å².